The van der Waals surface area contributed by atoms with Crippen molar-refractivity contribution in [2.75, 3.05) is 33.0 Å². The number of benzene rings is 2. The van der Waals surface area contributed by atoms with E-state index in [9.17, 15) is 9.90 Å². The zero-order valence-electron chi connectivity index (χ0n) is 31.5. The van der Waals surface area contributed by atoms with Crippen molar-refractivity contribution in [3.8, 4) is 5.75 Å². The third-order valence-electron chi connectivity index (χ3n) is 9.65. The Morgan fingerprint density at radius 2 is 1.49 bits per heavy atom. The van der Waals surface area contributed by atoms with E-state index in [1.807, 2.05) is 56.3 Å². The van der Waals surface area contributed by atoms with Crippen molar-refractivity contribution >= 4 is 34.8 Å². The Balaban J connectivity index is 1.84. The number of carbonyl (C=O) groups is 1. The van der Waals surface area contributed by atoms with Crippen molar-refractivity contribution in [2.45, 2.75) is 130 Å². The monoisotopic (exact) mass is 726 g/mol. The van der Waals surface area contributed by atoms with Gasteiger partial charge in [-0.2, -0.15) is 0 Å². The van der Waals surface area contributed by atoms with Gasteiger partial charge in [0.15, 0.2) is 17.5 Å². The van der Waals surface area contributed by atoms with Crippen LogP contribution in [0.15, 0.2) is 48.0 Å². The Labute approximate surface area is 310 Å². The summed E-state index contributed by atoms with van der Waals surface area (Å²) in [5.41, 5.74) is 3.08. The molecule has 1 heterocycles. The molecule has 0 amide bonds. The number of unbranched alkanes of at least 4 members (excludes halogenated alkanes) is 6. The molecule has 5 atom stereocenters. The molecule has 1 saturated heterocycles. The lowest BCUT2D eigenvalue weighted by atomic mass is 9.80. The van der Waals surface area contributed by atoms with E-state index >= 15 is 0 Å². The third-order valence-corrected chi connectivity index (χ3v) is 9.90. The van der Waals surface area contributed by atoms with Crippen LogP contribution < -0.4 is 4.74 Å². The third kappa shape index (κ3) is 10.0. The minimum Gasteiger partial charge on any atom is -0.494 e. The molecule has 4 rings (SSSR count). The summed E-state index contributed by atoms with van der Waals surface area (Å²) >= 11 is 6.20. The van der Waals surface area contributed by atoms with E-state index < -0.39 is 30.2 Å². The van der Waals surface area contributed by atoms with E-state index in [4.69, 9.17) is 40.0 Å². The van der Waals surface area contributed by atoms with Crippen LogP contribution in [0.25, 0.3) is 17.4 Å². The fourth-order valence-corrected chi connectivity index (χ4v) is 7.04. The van der Waals surface area contributed by atoms with E-state index in [1.54, 1.807) is 0 Å². The summed E-state index contributed by atoms with van der Waals surface area (Å²) in [6.07, 6.45) is 6.54. The lowest BCUT2D eigenvalue weighted by molar-refractivity contribution is -0.333. The number of hydrogen-bond donors (Lipinski definition) is 1. The maximum absolute atomic E-state index is 14.2. The summed E-state index contributed by atoms with van der Waals surface area (Å²) in [4.78, 5) is 14.2. The highest BCUT2D eigenvalue weighted by Crippen LogP contribution is 2.47. The molecular formula is C42H59ClO8. The molecule has 51 heavy (non-hydrogen) atoms. The summed E-state index contributed by atoms with van der Waals surface area (Å²) in [5, 5.41) is 11.5. The fraction of sp³-hybridized carbons (Fsp3) is 0.595. The van der Waals surface area contributed by atoms with E-state index in [1.165, 1.54) is 6.92 Å². The molecule has 0 aromatic heterocycles. The van der Waals surface area contributed by atoms with Crippen molar-refractivity contribution in [3.63, 3.8) is 0 Å². The number of ketones is 1. The minimum absolute atomic E-state index is 0.241. The summed E-state index contributed by atoms with van der Waals surface area (Å²) in [5.74, 6) is 1.05. The van der Waals surface area contributed by atoms with Gasteiger partial charge >= 0.3 is 0 Å². The maximum Gasteiger partial charge on any atom is 0.230 e. The molecule has 2 aliphatic rings. The lowest BCUT2D eigenvalue weighted by Crippen LogP contribution is -2.72. The molecule has 8 nitrogen and oxygen atoms in total. The molecule has 2 aromatic carbocycles. The van der Waals surface area contributed by atoms with Crippen LogP contribution in [0.4, 0.5) is 0 Å². The van der Waals surface area contributed by atoms with Gasteiger partial charge in [-0.3, -0.25) is 4.79 Å². The van der Waals surface area contributed by atoms with E-state index in [2.05, 4.69) is 26.8 Å². The number of rotatable bonds is 22. The van der Waals surface area contributed by atoms with Crippen molar-refractivity contribution in [1.82, 2.24) is 0 Å². The number of carbonyl (C=O) groups excluding carboxylic acids is 1. The molecule has 1 aliphatic heterocycles. The van der Waals surface area contributed by atoms with Crippen LogP contribution in [0.2, 0.25) is 5.02 Å². The Morgan fingerprint density at radius 3 is 2.08 bits per heavy atom. The topological polar surface area (TPSA) is 92.7 Å². The Morgan fingerprint density at radius 1 is 0.863 bits per heavy atom. The van der Waals surface area contributed by atoms with Crippen LogP contribution in [-0.2, 0) is 28.5 Å². The van der Waals surface area contributed by atoms with Gasteiger partial charge in [0.2, 0.25) is 6.29 Å². The SMILES string of the molecule is CCCCCO[C@@H]1[C@@H](CO)OC(OC2=C(C)C(=Cc3ccc(Cl)cc3)c3ccc(OCC)cc32)[C@H](OCCCCC)[C@]1(OCCCCC)C(C)=O. The second-order valence-electron chi connectivity index (χ2n) is 13.4. The van der Waals surface area contributed by atoms with Crippen LogP contribution >= 0.6 is 11.6 Å². The number of Topliss-reactive ketones (excluding diaryl/α,β-unsaturated/α-hetero) is 1. The largest absolute Gasteiger partial charge is 0.494 e. The molecule has 0 spiro atoms. The van der Waals surface area contributed by atoms with Crippen molar-refractivity contribution < 1.29 is 38.3 Å². The van der Waals surface area contributed by atoms with Gasteiger partial charge in [0, 0.05) is 30.4 Å². The predicted molar refractivity (Wildman–Crippen MR) is 204 cm³/mol. The number of aliphatic hydroxyl groups is 1. The number of halogens is 1. The Hall–Kier alpha value is -2.72. The standard InChI is InChI=1S/C42H59ClO8/c1-7-11-14-23-47-39-37(28-44)50-41(40(48-24-15-12-8-2)42(39,30(6)45)49-25-16-13-9-3)51-38-29(5)35(26-31-17-19-32(43)20-18-31)34-22-21-33(46-10-4)27-36(34)38/h17-22,26-27,37,39-41,44H,7-16,23-25,28H2,1-6H3/t37-,39-,40+,41?,42+/m1/s1. The number of fused-ring (bicyclic) bond motifs is 1. The number of aliphatic hydroxyl groups excluding tert-OH is 1. The molecule has 0 bridgehead atoms. The summed E-state index contributed by atoms with van der Waals surface area (Å²) in [6.45, 7) is 13.1. The molecule has 0 saturated carbocycles. The molecule has 0 radical (unpaired) electrons. The van der Waals surface area contributed by atoms with Crippen molar-refractivity contribution in [1.29, 1.82) is 0 Å². The normalized spacial score (nSPS) is 23.9. The molecule has 1 N–H and O–H groups in total. The van der Waals surface area contributed by atoms with E-state index in [0.717, 1.165) is 85.6 Å². The first-order valence-electron chi connectivity index (χ1n) is 19.0. The minimum atomic E-state index is -1.58. The van der Waals surface area contributed by atoms with Crippen LogP contribution in [-0.4, -0.2) is 74.1 Å². The van der Waals surface area contributed by atoms with Gasteiger partial charge in [-0.25, -0.2) is 0 Å². The molecule has 1 aliphatic carbocycles. The molecule has 1 fully saturated rings. The van der Waals surface area contributed by atoms with Gasteiger partial charge in [0.25, 0.3) is 0 Å². The predicted octanol–water partition coefficient (Wildman–Crippen LogP) is 9.44. The zero-order chi connectivity index (χ0) is 36.8. The Bertz CT molecular complexity index is 1450. The maximum atomic E-state index is 14.2. The summed E-state index contributed by atoms with van der Waals surface area (Å²) in [6, 6.07) is 13.7. The van der Waals surface area contributed by atoms with Gasteiger partial charge in [0.05, 0.1) is 13.2 Å². The fourth-order valence-electron chi connectivity index (χ4n) is 6.91. The summed E-state index contributed by atoms with van der Waals surface area (Å²) in [7, 11) is 0. The molecule has 282 valence electrons. The molecule has 1 unspecified atom stereocenters. The van der Waals surface area contributed by atoms with Crippen LogP contribution in [0.5, 0.6) is 5.75 Å². The average Bonchev–Trinajstić information content (AvgIpc) is 3.37. The van der Waals surface area contributed by atoms with Crippen LogP contribution in [0, 0.1) is 0 Å². The average molecular weight is 727 g/mol. The molecule has 2 aromatic rings. The van der Waals surface area contributed by atoms with Crippen LogP contribution in [0.3, 0.4) is 0 Å². The van der Waals surface area contributed by atoms with Crippen molar-refractivity contribution in [2.24, 2.45) is 0 Å². The first-order valence-corrected chi connectivity index (χ1v) is 19.4. The quantitative estimate of drug-likeness (QED) is 0.120. The van der Waals surface area contributed by atoms with Gasteiger partial charge < -0.3 is 33.5 Å². The first kappa shape index (κ1) is 41.0. The number of hydrogen-bond acceptors (Lipinski definition) is 8. The Kier molecular flexibility index (Phi) is 16.5. The first-order chi connectivity index (χ1) is 24.7. The van der Waals surface area contributed by atoms with E-state index in [-0.39, 0.29) is 12.4 Å². The van der Waals surface area contributed by atoms with E-state index in [0.29, 0.717) is 43.0 Å². The molecule has 9 heteroatoms. The highest BCUT2D eigenvalue weighted by Gasteiger charge is 2.63. The second-order valence-corrected chi connectivity index (χ2v) is 13.9. The highest BCUT2D eigenvalue weighted by atomic mass is 35.5. The van der Waals surface area contributed by atoms with Gasteiger partial charge in [0.1, 0.15) is 23.7 Å². The van der Waals surface area contributed by atoms with Gasteiger partial charge in [-0.15, -0.1) is 0 Å². The smallest absolute Gasteiger partial charge is 0.230 e. The number of ether oxygens (including phenoxy) is 6. The highest BCUT2D eigenvalue weighted by molar-refractivity contribution is 6.30. The van der Waals surface area contributed by atoms with Gasteiger partial charge in [-0.1, -0.05) is 83.0 Å². The number of allylic oxidation sites excluding steroid dienone is 2. The van der Waals surface area contributed by atoms with Crippen molar-refractivity contribution in [3.05, 3.63) is 69.8 Å². The second kappa shape index (κ2) is 20.5. The van der Waals surface area contributed by atoms with Gasteiger partial charge in [-0.05, 0) is 98.7 Å². The van der Waals surface area contributed by atoms with Crippen LogP contribution in [0.1, 0.15) is 116 Å². The lowest BCUT2D eigenvalue weighted by Gasteiger charge is -2.52. The summed E-state index contributed by atoms with van der Waals surface area (Å²) < 4.78 is 39.4. The zero-order valence-corrected chi connectivity index (χ0v) is 32.3. The molecular weight excluding hydrogens is 668 g/mol.